The Morgan fingerprint density at radius 2 is 1.96 bits per heavy atom. The summed E-state index contributed by atoms with van der Waals surface area (Å²) < 4.78 is 26.5. The number of hydrogen-bond donors (Lipinski definition) is 1. The molecule has 2 rings (SSSR count). The molecule has 0 aromatic heterocycles. The smallest absolute Gasteiger partial charge is 0.321 e. The van der Waals surface area contributed by atoms with Crippen LogP contribution in [-0.2, 0) is 16.4 Å². The summed E-state index contributed by atoms with van der Waals surface area (Å²) in [6.07, 6.45) is 2.22. The van der Waals surface area contributed by atoms with Gasteiger partial charge in [-0.25, -0.2) is 13.2 Å². The third-order valence-electron chi connectivity index (χ3n) is 4.33. The van der Waals surface area contributed by atoms with E-state index in [0.29, 0.717) is 43.9 Å². The maximum absolute atomic E-state index is 12.5. The topological polar surface area (TPSA) is 69.7 Å². The van der Waals surface area contributed by atoms with E-state index in [-0.39, 0.29) is 11.8 Å². The van der Waals surface area contributed by atoms with Crippen molar-refractivity contribution in [1.82, 2.24) is 4.90 Å². The Morgan fingerprint density at radius 1 is 1.25 bits per heavy atom. The second-order valence-electron chi connectivity index (χ2n) is 5.94. The molecule has 1 aromatic carbocycles. The molecular weight excluding hydrogens is 326 g/mol. The molecule has 0 saturated heterocycles. The normalized spacial score (nSPS) is 13.7. The second-order valence-corrected chi connectivity index (χ2v) is 7.95. The van der Waals surface area contributed by atoms with Gasteiger partial charge in [-0.3, -0.25) is 4.31 Å². The standard InChI is InChI=1S/C17H27N3O3S/c1-4-7-12-24(22,23)20-11-10-14-8-9-15(13-16(14)20)18-17(21)19(5-2)6-3/h8-9,13H,4-7,10-12H2,1-3H3,(H,18,21). The molecule has 1 aliphatic heterocycles. The molecule has 0 radical (unpaired) electrons. The lowest BCUT2D eigenvalue weighted by Crippen LogP contribution is -2.34. The van der Waals surface area contributed by atoms with Crippen molar-refractivity contribution >= 4 is 27.4 Å². The van der Waals surface area contributed by atoms with Crippen molar-refractivity contribution in [2.24, 2.45) is 0 Å². The van der Waals surface area contributed by atoms with Crippen molar-refractivity contribution in [3.05, 3.63) is 23.8 Å². The molecule has 1 heterocycles. The highest BCUT2D eigenvalue weighted by Crippen LogP contribution is 2.33. The van der Waals surface area contributed by atoms with E-state index in [2.05, 4.69) is 5.32 Å². The molecule has 6 nitrogen and oxygen atoms in total. The predicted octanol–water partition coefficient (Wildman–Crippen LogP) is 3.05. The monoisotopic (exact) mass is 353 g/mol. The number of carbonyl (C=O) groups excluding carboxylic acids is 1. The first-order chi connectivity index (χ1) is 11.4. The van der Waals surface area contributed by atoms with Crippen molar-refractivity contribution in [1.29, 1.82) is 0 Å². The van der Waals surface area contributed by atoms with Crippen LogP contribution in [0.1, 0.15) is 39.2 Å². The molecule has 7 heteroatoms. The van der Waals surface area contributed by atoms with Crippen LogP contribution >= 0.6 is 0 Å². The average Bonchev–Trinajstić information content (AvgIpc) is 2.98. The van der Waals surface area contributed by atoms with Gasteiger partial charge in [0, 0.05) is 25.3 Å². The van der Waals surface area contributed by atoms with Gasteiger partial charge in [-0.1, -0.05) is 19.4 Å². The Balaban J connectivity index is 2.21. The lowest BCUT2D eigenvalue weighted by Gasteiger charge is -2.21. The zero-order valence-corrected chi connectivity index (χ0v) is 15.5. The van der Waals surface area contributed by atoms with Gasteiger partial charge in [0.15, 0.2) is 0 Å². The predicted molar refractivity (Wildman–Crippen MR) is 98.1 cm³/mol. The maximum atomic E-state index is 12.5. The van der Waals surface area contributed by atoms with E-state index < -0.39 is 10.0 Å². The molecular formula is C17H27N3O3S. The highest BCUT2D eigenvalue weighted by molar-refractivity contribution is 7.92. The zero-order valence-electron chi connectivity index (χ0n) is 14.7. The number of benzene rings is 1. The summed E-state index contributed by atoms with van der Waals surface area (Å²) in [4.78, 5) is 13.9. The Bertz CT molecular complexity index is 684. The van der Waals surface area contributed by atoms with Crippen LogP contribution in [0.4, 0.5) is 16.2 Å². The minimum Gasteiger partial charge on any atom is -0.325 e. The molecule has 2 amide bonds. The van der Waals surface area contributed by atoms with E-state index in [9.17, 15) is 13.2 Å². The summed E-state index contributed by atoms with van der Waals surface area (Å²) in [5.74, 6) is 0.166. The number of carbonyl (C=O) groups is 1. The first-order valence-corrected chi connectivity index (χ1v) is 10.2. The van der Waals surface area contributed by atoms with Crippen LogP contribution in [0.25, 0.3) is 0 Å². The van der Waals surface area contributed by atoms with Crippen LogP contribution in [0.5, 0.6) is 0 Å². The molecule has 0 bridgehead atoms. The summed E-state index contributed by atoms with van der Waals surface area (Å²) in [7, 11) is -3.30. The van der Waals surface area contributed by atoms with Crippen molar-refractivity contribution in [2.45, 2.75) is 40.0 Å². The van der Waals surface area contributed by atoms with Gasteiger partial charge in [0.25, 0.3) is 0 Å². The Morgan fingerprint density at radius 3 is 2.58 bits per heavy atom. The van der Waals surface area contributed by atoms with Gasteiger partial charge >= 0.3 is 6.03 Å². The van der Waals surface area contributed by atoms with Gasteiger partial charge in [-0.15, -0.1) is 0 Å². The summed E-state index contributed by atoms with van der Waals surface area (Å²) in [6, 6.07) is 5.34. The van der Waals surface area contributed by atoms with Gasteiger partial charge in [0.1, 0.15) is 0 Å². The molecule has 24 heavy (non-hydrogen) atoms. The van der Waals surface area contributed by atoms with Crippen molar-refractivity contribution < 1.29 is 13.2 Å². The van der Waals surface area contributed by atoms with E-state index >= 15 is 0 Å². The summed E-state index contributed by atoms with van der Waals surface area (Å²) >= 11 is 0. The largest absolute Gasteiger partial charge is 0.325 e. The number of anilines is 2. The molecule has 134 valence electrons. The summed E-state index contributed by atoms with van der Waals surface area (Å²) in [5, 5.41) is 2.85. The van der Waals surface area contributed by atoms with Crippen LogP contribution in [0.3, 0.4) is 0 Å². The van der Waals surface area contributed by atoms with Gasteiger partial charge in [-0.2, -0.15) is 0 Å². The summed E-state index contributed by atoms with van der Waals surface area (Å²) in [6.45, 7) is 7.57. The molecule has 0 spiro atoms. The first kappa shape index (κ1) is 18.6. The molecule has 1 aliphatic rings. The Hall–Kier alpha value is -1.76. The highest BCUT2D eigenvalue weighted by atomic mass is 32.2. The first-order valence-electron chi connectivity index (χ1n) is 8.62. The average molecular weight is 353 g/mol. The fraction of sp³-hybridized carbons (Fsp3) is 0.588. The van der Waals surface area contributed by atoms with Crippen molar-refractivity contribution in [2.75, 3.05) is 35.0 Å². The lowest BCUT2D eigenvalue weighted by molar-refractivity contribution is 0.217. The lowest BCUT2D eigenvalue weighted by atomic mass is 10.1. The van der Waals surface area contributed by atoms with Gasteiger partial charge in [0.2, 0.25) is 10.0 Å². The number of fused-ring (bicyclic) bond motifs is 1. The number of hydrogen-bond acceptors (Lipinski definition) is 3. The number of amides is 2. The van der Waals surface area contributed by atoms with Gasteiger partial charge < -0.3 is 10.2 Å². The maximum Gasteiger partial charge on any atom is 0.321 e. The number of nitrogens with zero attached hydrogens (tertiary/aromatic N) is 2. The molecule has 1 aromatic rings. The van der Waals surface area contributed by atoms with Crippen LogP contribution in [0, 0.1) is 0 Å². The van der Waals surface area contributed by atoms with E-state index in [0.717, 1.165) is 12.0 Å². The quantitative estimate of drug-likeness (QED) is 0.819. The fourth-order valence-electron chi connectivity index (χ4n) is 2.87. The molecule has 0 atom stereocenters. The number of unbranched alkanes of at least 4 members (excludes halogenated alkanes) is 1. The van der Waals surface area contributed by atoms with E-state index in [1.54, 1.807) is 11.0 Å². The molecule has 0 saturated carbocycles. The fourth-order valence-corrected chi connectivity index (χ4v) is 4.58. The Kier molecular flexibility index (Phi) is 6.10. The third-order valence-corrected chi connectivity index (χ3v) is 6.19. The SMILES string of the molecule is CCCCS(=O)(=O)N1CCc2ccc(NC(=O)N(CC)CC)cc21. The van der Waals surface area contributed by atoms with E-state index in [1.165, 1.54) is 4.31 Å². The van der Waals surface area contributed by atoms with Crippen LogP contribution in [-0.4, -0.2) is 44.7 Å². The number of rotatable bonds is 7. The van der Waals surface area contributed by atoms with Crippen LogP contribution in [0.15, 0.2) is 18.2 Å². The minimum absolute atomic E-state index is 0.166. The Labute approximate surface area is 144 Å². The molecule has 0 unspecified atom stereocenters. The van der Waals surface area contributed by atoms with E-state index in [4.69, 9.17) is 0 Å². The summed E-state index contributed by atoms with van der Waals surface area (Å²) in [5.41, 5.74) is 2.34. The number of nitrogens with one attached hydrogen (secondary N) is 1. The number of urea groups is 1. The van der Waals surface area contributed by atoms with Crippen molar-refractivity contribution in [3.63, 3.8) is 0 Å². The highest BCUT2D eigenvalue weighted by Gasteiger charge is 2.29. The van der Waals surface area contributed by atoms with Gasteiger partial charge in [0.05, 0.1) is 11.4 Å². The van der Waals surface area contributed by atoms with Crippen LogP contribution in [0.2, 0.25) is 0 Å². The number of sulfonamides is 1. The molecule has 0 aliphatic carbocycles. The third kappa shape index (κ3) is 4.01. The second kappa shape index (κ2) is 7.88. The van der Waals surface area contributed by atoms with Crippen molar-refractivity contribution in [3.8, 4) is 0 Å². The zero-order chi connectivity index (χ0) is 17.7. The van der Waals surface area contributed by atoms with E-state index in [1.807, 2.05) is 32.9 Å². The minimum atomic E-state index is -3.30. The molecule has 0 fully saturated rings. The van der Waals surface area contributed by atoms with Gasteiger partial charge in [-0.05, 0) is 44.4 Å². The van der Waals surface area contributed by atoms with Crippen LogP contribution < -0.4 is 9.62 Å². The molecule has 1 N–H and O–H groups in total.